The van der Waals surface area contributed by atoms with Crippen LogP contribution in [0.3, 0.4) is 0 Å². The van der Waals surface area contributed by atoms with E-state index in [1.807, 2.05) is 0 Å². The molecule has 0 aliphatic carbocycles. The highest BCUT2D eigenvalue weighted by Gasteiger charge is 2.24. The van der Waals surface area contributed by atoms with Crippen LogP contribution in [0.15, 0.2) is 24.3 Å². The number of rotatable bonds is 4. The number of halogens is 2. The first-order valence-electron chi connectivity index (χ1n) is 7.66. The first kappa shape index (κ1) is 21.5. The van der Waals surface area contributed by atoms with Gasteiger partial charge in [0.2, 0.25) is 0 Å². The van der Waals surface area contributed by atoms with Gasteiger partial charge in [-0.1, -0.05) is 23.3 Å². The highest BCUT2D eigenvalue weighted by Crippen LogP contribution is 2.32. The lowest BCUT2D eigenvalue weighted by atomic mass is 9.89. The molecular weight excluding hydrogens is 315 g/mol. The minimum Gasteiger partial charge on any atom is -0.314 e. The molecule has 22 heavy (non-hydrogen) atoms. The maximum atomic E-state index is 4.15. The van der Waals surface area contributed by atoms with Crippen molar-refractivity contribution in [1.82, 2.24) is 10.2 Å². The summed E-state index contributed by atoms with van der Waals surface area (Å²) in [7, 11) is 0. The zero-order chi connectivity index (χ0) is 14.7. The molecule has 0 saturated carbocycles. The number of aryl methyl sites for hydroxylation is 3. The quantitative estimate of drug-likeness (QED) is 0.816. The summed E-state index contributed by atoms with van der Waals surface area (Å²) in [5, 5.41) is 3.45. The van der Waals surface area contributed by atoms with Crippen LogP contribution in [-0.4, -0.2) is 31.1 Å². The number of hydrogen-bond donors (Lipinski definition) is 1. The smallest absolute Gasteiger partial charge is 0.0391 e. The fraction of sp³-hybridized carbons (Fsp3) is 0.556. The number of benzene rings is 1. The largest absolute Gasteiger partial charge is 0.314 e. The molecule has 2 rings (SSSR count). The zero-order valence-electron chi connectivity index (χ0n) is 14.2. The van der Waals surface area contributed by atoms with Crippen LogP contribution in [-0.2, 0) is 0 Å². The monoisotopic (exact) mass is 344 g/mol. The molecule has 1 aliphatic rings. The molecule has 1 aromatic carbocycles. The fourth-order valence-electron chi connectivity index (χ4n) is 3.45. The van der Waals surface area contributed by atoms with Crippen LogP contribution in [0.25, 0.3) is 0 Å². The van der Waals surface area contributed by atoms with Gasteiger partial charge < -0.3 is 5.32 Å². The summed E-state index contributed by atoms with van der Waals surface area (Å²) in [5.74, 6) is 0. The van der Waals surface area contributed by atoms with Gasteiger partial charge >= 0.3 is 0 Å². The molecule has 0 bridgehead atoms. The van der Waals surface area contributed by atoms with Crippen LogP contribution in [0.4, 0.5) is 0 Å². The summed E-state index contributed by atoms with van der Waals surface area (Å²) in [5.41, 5.74) is 6.99. The van der Waals surface area contributed by atoms with Gasteiger partial charge in [-0.3, -0.25) is 4.90 Å². The Kier molecular flexibility index (Phi) is 9.33. The molecule has 4 heteroatoms. The van der Waals surface area contributed by atoms with Crippen LogP contribution in [0.2, 0.25) is 0 Å². The van der Waals surface area contributed by atoms with Crippen LogP contribution < -0.4 is 5.32 Å². The summed E-state index contributed by atoms with van der Waals surface area (Å²) in [6, 6.07) is 5.11. The molecule has 1 atom stereocenters. The first-order chi connectivity index (χ1) is 9.49. The predicted octanol–water partition coefficient (Wildman–Crippen LogP) is 4.37. The van der Waals surface area contributed by atoms with Gasteiger partial charge in [-0.05, 0) is 50.8 Å². The minimum absolute atomic E-state index is 0. The summed E-state index contributed by atoms with van der Waals surface area (Å²) < 4.78 is 0. The maximum absolute atomic E-state index is 4.15. The molecule has 1 saturated heterocycles. The Morgan fingerprint density at radius 1 is 1.14 bits per heavy atom. The average Bonchev–Trinajstić information content (AvgIpc) is 2.37. The van der Waals surface area contributed by atoms with Gasteiger partial charge in [0.15, 0.2) is 0 Å². The normalized spacial score (nSPS) is 16.4. The molecule has 1 aliphatic heterocycles. The summed E-state index contributed by atoms with van der Waals surface area (Å²) >= 11 is 0. The Morgan fingerprint density at radius 2 is 1.64 bits per heavy atom. The molecule has 126 valence electrons. The van der Waals surface area contributed by atoms with Crippen molar-refractivity contribution in [1.29, 1.82) is 0 Å². The van der Waals surface area contributed by atoms with Gasteiger partial charge in [-0.25, -0.2) is 0 Å². The van der Waals surface area contributed by atoms with Crippen LogP contribution in [0.1, 0.15) is 41.6 Å². The van der Waals surface area contributed by atoms with E-state index in [-0.39, 0.29) is 24.8 Å². The van der Waals surface area contributed by atoms with E-state index in [9.17, 15) is 0 Å². The van der Waals surface area contributed by atoms with Gasteiger partial charge in [-0.2, -0.15) is 0 Å². The molecular formula is C18H30Cl2N2. The van der Waals surface area contributed by atoms with Crippen molar-refractivity contribution in [2.24, 2.45) is 0 Å². The van der Waals surface area contributed by atoms with Crippen molar-refractivity contribution in [3.05, 3.63) is 46.5 Å². The number of nitrogens with zero attached hydrogens (tertiary/aromatic N) is 1. The third kappa shape index (κ3) is 5.27. The van der Waals surface area contributed by atoms with E-state index in [0.29, 0.717) is 6.04 Å². The maximum Gasteiger partial charge on any atom is 0.0391 e. The molecule has 1 fully saturated rings. The summed E-state index contributed by atoms with van der Waals surface area (Å²) in [6.45, 7) is 17.4. The van der Waals surface area contributed by atoms with Crippen molar-refractivity contribution < 1.29 is 0 Å². The van der Waals surface area contributed by atoms with E-state index in [0.717, 1.165) is 32.6 Å². The lowest BCUT2D eigenvalue weighted by Crippen LogP contribution is -2.45. The number of hydrogen-bond acceptors (Lipinski definition) is 2. The Morgan fingerprint density at radius 3 is 2.09 bits per heavy atom. The number of piperazine rings is 1. The fourth-order valence-corrected chi connectivity index (χ4v) is 3.45. The molecule has 2 nitrogen and oxygen atoms in total. The number of nitrogens with one attached hydrogen (secondary N) is 1. The van der Waals surface area contributed by atoms with Crippen LogP contribution >= 0.6 is 24.8 Å². The van der Waals surface area contributed by atoms with Crippen molar-refractivity contribution in [3.63, 3.8) is 0 Å². The average molecular weight is 345 g/mol. The lowest BCUT2D eigenvalue weighted by Gasteiger charge is -2.37. The second kappa shape index (κ2) is 9.57. The van der Waals surface area contributed by atoms with E-state index >= 15 is 0 Å². The highest BCUT2D eigenvalue weighted by atomic mass is 35.5. The Bertz CT molecular complexity index is 471. The van der Waals surface area contributed by atoms with Crippen LogP contribution in [0.5, 0.6) is 0 Å². The first-order valence-corrected chi connectivity index (χ1v) is 7.66. The SMILES string of the molecule is C=C(C)C[C@H](c1c(C)cc(C)cc1C)N1CCNCC1.Cl.Cl. The molecule has 0 aromatic heterocycles. The molecule has 1 heterocycles. The lowest BCUT2D eigenvalue weighted by molar-refractivity contribution is 0.171. The van der Waals surface area contributed by atoms with E-state index in [1.165, 1.54) is 27.8 Å². The van der Waals surface area contributed by atoms with Crippen molar-refractivity contribution >= 4 is 24.8 Å². The molecule has 0 spiro atoms. The molecule has 1 aromatic rings. The minimum atomic E-state index is 0. The topological polar surface area (TPSA) is 15.3 Å². The standard InChI is InChI=1S/C18H28N2.2ClH/c1-13(2)10-17(20-8-6-19-7-9-20)18-15(4)11-14(3)12-16(18)5;;/h11-12,17,19H,1,6-10H2,2-5H3;2*1H/t17-;;/m1../s1. The summed E-state index contributed by atoms with van der Waals surface area (Å²) in [6.07, 6.45) is 1.06. The highest BCUT2D eigenvalue weighted by molar-refractivity contribution is 5.85. The van der Waals surface area contributed by atoms with Crippen molar-refractivity contribution in [2.75, 3.05) is 26.2 Å². The van der Waals surface area contributed by atoms with Crippen LogP contribution in [0, 0.1) is 20.8 Å². The Labute approximate surface area is 148 Å². The molecule has 1 N–H and O–H groups in total. The van der Waals surface area contributed by atoms with Gasteiger partial charge in [0, 0.05) is 32.2 Å². The van der Waals surface area contributed by atoms with E-state index < -0.39 is 0 Å². The van der Waals surface area contributed by atoms with E-state index in [4.69, 9.17) is 0 Å². The van der Waals surface area contributed by atoms with E-state index in [2.05, 4.69) is 56.6 Å². The third-order valence-corrected chi connectivity index (χ3v) is 4.21. The molecule has 0 unspecified atom stereocenters. The third-order valence-electron chi connectivity index (χ3n) is 4.21. The second-order valence-electron chi connectivity index (χ2n) is 6.28. The van der Waals surface area contributed by atoms with Crippen molar-refractivity contribution in [3.8, 4) is 0 Å². The van der Waals surface area contributed by atoms with Crippen molar-refractivity contribution in [2.45, 2.75) is 40.2 Å². The summed E-state index contributed by atoms with van der Waals surface area (Å²) in [4.78, 5) is 2.62. The molecule has 0 amide bonds. The van der Waals surface area contributed by atoms with Gasteiger partial charge in [-0.15, -0.1) is 31.4 Å². The Balaban J connectivity index is 0.00000220. The second-order valence-corrected chi connectivity index (χ2v) is 6.28. The van der Waals surface area contributed by atoms with E-state index in [1.54, 1.807) is 0 Å². The zero-order valence-corrected chi connectivity index (χ0v) is 15.9. The van der Waals surface area contributed by atoms with Gasteiger partial charge in [0.05, 0.1) is 0 Å². The Hall–Kier alpha value is -0.540. The molecule has 0 radical (unpaired) electrons. The predicted molar refractivity (Wildman–Crippen MR) is 102 cm³/mol. The van der Waals surface area contributed by atoms with Gasteiger partial charge in [0.25, 0.3) is 0 Å². The van der Waals surface area contributed by atoms with Gasteiger partial charge in [0.1, 0.15) is 0 Å².